The van der Waals surface area contributed by atoms with Crippen molar-refractivity contribution in [2.24, 2.45) is 0 Å². The molecule has 3 aromatic heterocycles. The van der Waals surface area contributed by atoms with Gasteiger partial charge in [0.2, 0.25) is 0 Å². The number of rotatable bonds is 3. The number of hydrogen-bond acceptors (Lipinski definition) is 1. The first-order valence-electron chi connectivity index (χ1n) is 13.4. The third kappa shape index (κ3) is 3.33. The van der Waals surface area contributed by atoms with Crippen molar-refractivity contribution in [3.8, 4) is 22.5 Å². The predicted molar refractivity (Wildman–Crippen MR) is 163 cm³/mol. The minimum absolute atomic E-state index is 0.904. The first kappa shape index (κ1) is 21.9. The van der Waals surface area contributed by atoms with E-state index >= 15 is 0 Å². The average Bonchev–Trinajstić information content (AvgIpc) is 3.35. The van der Waals surface area contributed by atoms with Crippen LogP contribution in [0.3, 0.4) is 0 Å². The Labute approximate surface area is 225 Å². The summed E-state index contributed by atoms with van der Waals surface area (Å²) in [5, 5.41) is 5.97. The fourth-order valence-corrected chi connectivity index (χ4v) is 6.03. The number of allylic oxidation sites excluding steroid dienone is 2. The van der Waals surface area contributed by atoms with Crippen LogP contribution >= 0.6 is 0 Å². The number of aromatic nitrogens is 3. The van der Waals surface area contributed by atoms with Gasteiger partial charge in [0.05, 0.1) is 16.6 Å². The molecule has 0 amide bonds. The van der Waals surface area contributed by atoms with Gasteiger partial charge >= 0.3 is 0 Å². The van der Waals surface area contributed by atoms with Crippen molar-refractivity contribution in [3.05, 3.63) is 138 Å². The van der Waals surface area contributed by atoms with Crippen LogP contribution in [-0.2, 0) is 0 Å². The van der Waals surface area contributed by atoms with E-state index in [1.165, 1.54) is 37.9 Å². The van der Waals surface area contributed by atoms with E-state index < -0.39 is 0 Å². The molecule has 4 aromatic carbocycles. The SMILES string of the molecule is C1=CCC=c2c(n(-c3ccccc3)c3nc4c(cc23)c2ccccc2n4-c2ccccc2-c2ccccc2)=C1. The lowest BCUT2D eigenvalue weighted by molar-refractivity contribution is 1.04. The maximum atomic E-state index is 5.50. The van der Waals surface area contributed by atoms with Crippen molar-refractivity contribution in [1.29, 1.82) is 0 Å². The summed E-state index contributed by atoms with van der Waals surface area (Å²) in [6, 6.07) is 40.8. The third-order valence-electron chi connectivity index (χ3n) is 7.74. The van der Waals surface area contributed by atoms with Crippen LogP contribution in [0.5, 0.6) is 0 Å². The lowest BCUT2D eigenvalue weighted by Gasteiger charge is -2.13. The molecule has 0 saturated carbocycles. The molecule has 3 nitrogen and oxygen atoms in total. The predicted octanol–water partition coefficient (Wildman–Crippen LogP) is 7.31. The van der Waals surface area contributed by atoms with Gasteiger partial charge in [0, 0.05) is 32.6 Å². The highest BCUT2D eigenvalue weighted by molar-refractivity contribution is 6.11. The molecule has 39 heavy (non-hydrogen) atoms. The highest BCUT2D eigenvalue weighted by Gasteiger charge is 2.20. The van der Waals surface area contributed by atoms with Crippen LogP contribution in [0.15, 0.2) is 127 Å². The van der Waals surface area contributed by atoms with E-state index in [1.807, 2.05) is 0 Å². The highest BCUT2D eigenvalue weighted by atomic mass is 15.1. The van der Waals surface area contributed by atoms with Gasteiger partial charge in [-0.3, -0.25) is 9.13 Å². The molecule has 0 bridgehead atoms. The quantitative estimate of drug-likeness (QED) is 0.250. The van der Waals surface area contributed by atoms with E-state index in [2.05, 4.69) is 149 Å². The van der Waals surface area contributed by atoms with Crippen LogP contribution in [0, 0.1) is 0 Å². The van der Waals surface area contributed by atoms with E-state index in [4.69, 9.17) is 4.98 Å². The molecule has 7 aromatic rings. The van der Waals surface area contributed by atoms with E-state index in [-0.39, 0.29) is 0 Å². The fraction of sp³-hybridized carbons (Fsp3) is 0.0278. The highest BCUT2D eigenvalue weighted by Crippen LogP contribution is 2.36. The van der Waals surface area contributed by atoms with Gasteiger partial charge in [-0.2, -0.15) is 0 Å². The normalized spacial score (nSPS) is 12.8. The molecule has 184 valence electrons. The zero-order valence-corrected chi connectivity index (χ0v) is 21.3. The van der Waals surface area contributed by atoms with Crippen molar-refractivity contribution in [3.63, 3.8) is 0 Å². The molecule has 0 saturated heterocycles. The Morgan fingerprint density at radius 1 is 0.615 bits per heavy atom. The number of benzene rings is 4. The van der Waals surface area contributed by atoms with Crippen molar-refractivity contribution < 1.29 is 0 Å². The smallest absolute Gasteiger partial charge is 0.148 e. The molecule has 1 aliphatic carbocycles. The molecule has 0 aliphatic heterocycles. The Morgan fingerprint density at radius 3 is 2.21 bits per heavy atom. The number of pyridine rings is 1. The van der Waals surface area contributed by atoms with Gasteiger partial charge in [-0.25, -0.2) is 4.98 Å². The van der Waals surface area contributed by atoms with Gasteiger partial charge in [-0.15, -0.1) is 0 Å². The van der Waals surface area contributed by atoms with Crippen LogP contribution < -0.4 is 10.6 Å². The molecule has 0 unspecified atom stereocenters. The second kappa shape index (κ2) is 8.71. The van der Waals surface area contributed by atoms with Gasteiger partial charge in [0.15, 0.2) is 0 Å². The third-order valence-corrected chi connectivity index (χ3v) is 7.74. The van der Waals surface area contributed by atoms with Crippen LogP contribution in [0.2, 0.25) is 0 Å². The monoisotopic (exact) mass is 499 g/mol. The van der Waals surface area contributed by atoms with Crippen molar-refractivity contribution in [2.45, 2.75) is 6.42 Å². The molecule has 0 spiro atoms. The zero-order chi connectivity index (χ0) is 25.8. The molecule has 8 rings (SSSR count). The topological polar surface area (TPSA) is 22.8 Å². The lowest BCUT2D eigenvalue weighted by atomic mass is 10.0. The summed E-state index contributed by atoms with van der Waals surface area (Å²) in [4.78, 5) is 5.50. The summed E-state index contributed by atoms with van der Waals surface area (Å²) in [7, 11) is 0. The van der Waals surface area contributed by atoms with Gasteiger partial charge in [-0.1, -0.05) is 103 Å². The van der Waals surface area contributed by atoms with Gasteiger partial charge in [0.1, 0.15) is 11.3 Å². The molecule has 0 atom stereocenters. The Balaban J connectivity index is 1.55. The summed E-state index contributed by atoms with van der Waals surface area (Å²) in [5.74, 6) is 0. The zero-order valence-electron chi connectivity index (χ0n) is 21.3. The van der Waals surface area contributed by atoms with Crippen molar-refractivity contribution >= 4 is 45.1 Å². The Hall–Kier alpha value is -5.15. The second-order valence-corrected chi connectivity index (χ2v) is 9.97. The number of para-hydroxylation sites is 3. The summed E-state index contributed by atoms with van der Waals surface area (Å²) >= 11 is 0. The summed E-state index contributed by atoms with van der Waals surface area (Å²) in [5.41, 5.74) is 7.71. The number of fused-ring (bicyclic) bond motifs is 6. The molecule has 3 heteroatoms. The summed E-state index contributed by atoms with van der Waals surface area (Å²) < 4.78 is 4.65. The van der Waals surface area contributed by atoms with Gasteiger partial charge in [-0.05, 0) is 48.4 Å². The van der Waals surface area contributed by atoms with Crippen LogP contribution in [0.4, 0.5) is 0 Å². The van der Waals surface area contributed by atoms with E-state index in [9.17, 15) is 0 Å². The van der Waals surface area contributed by atoms with E-state index in [0.29, 0.717) is 0 Å². The van der Waals surface area contributed by atoms with Crippen LogP contribution in [0.25, 0.3) is 67.6 Å². The van der Waals surface area contributed by atoms with Gasteiger partial charge < -0.3 is 0 Å². The first-order valence-corrected chi connectivity index (χ1v) is 13.4. The average molecular weight is 500 g/mol. The molecular weight excluding hydrogens is 474 g/mol. The molecule has 3 heterocycles. The molecular formula is C36H25N3. The molecule has 1 aliphatic rings. The van der Waals surface area contributed by atoms with Gasteiger partial charge in [0.25, 0.3) is 0 Å². The molecule has 0 radical (unpaired) electrons. The van der Waals surface area contributed by atoms with Crippen molar-refractivity contribution in [2.75, 3.05) is 0 Å². The number of hydrogen-bond donors (Lipinski definition) is 0. The lowest BCUT2D eigenvalue weighted by Crippen LogP contribution is -2.27. The van der Waals surface area contributed by atoms with E-state index in [0.717, 1.165) is 34.6 Å². The first-order chi connectivity index (χ1) is 19.4. The number of nitrogens with zero attached hydrogens (tertiary/aromatic N) is 3. The second-order valence-electron chi connectivity index (χ2n) is 9.97. The minimum atomic E-state index is 0.904. The Morgan fingerprint density at radius 2 is 1.33 bits per heavy atom. The Kier molecular flexibility index (Phi) is 4.89. The summed E-state index contributed by atoms with van der Waals surface area (Å²) in [6.45, 7) is 0. The maximum Gasteiger partial charge on any atom is 0.148 e. The Bertz CT molecular complexity index is 2180. The summed E-state index contributed by atoms with van der Waals surface area (Å²) in [6.07, 6.45) is 9.82. The fourth-order valence-electron chi connectivity index (χ4n) is 6.03. The largest absolute Gasteiger partial charge is 0.294 e. The maximum absolute atomic E-state index is 5.50. The minimum Gasteiger partial charge on any atom is -0.294 e. The van der Waals surface area contributed by atoms with E-state index in [1.54, 1.807) is 0 Å². The molecule has 0 fully saturated rings. The standard InChI is InChI=1S/C36H25N3/c1-4-14-25(15-5-1)27-18-10-12-22-32(27)39-34-23-13-11-20-29(34)31-24-30-28-19-8-3-9-21-33(28)38(35(30)37-36(31)39)26-16-6-2-7-17-26/h1-7,9-24H,8H2. The van der Waals surface area contributed by atoms with Crippen molar-refractivity contribution in [1.82, 2.24) is 14.1 Å². The van der Waals surface area contributed by atoms with Crippen LogP contribution in [0.1, 0.15) is 6.42 Å². The van der Waals surface area contributed by atoms with Crippen LogP contribution in [-0.4, -0.2) is 14.1 Å². The molecule has 0 N–H and O–H groups in total.